The van der Waals surface area contributed by atoms with E-state index in [-0.39, 0.29) is 11.2 Å². The van der Waals surface area contributed by atoms with Crippen molar-refractivity contribution >= 4 is 28.9 Å². The second kappa shape index (κ2) is 21.1. The molecule has 4 aromatic carbocycles. The second-order valence-corrected chi connectivity index (χ2v) is 24.6. The maximum Gasteiger partial charge on any atom is 0.519 e. The van der Waals surface area contributed by atoms with Crippen molar-refractivity contribution in [3.8, 4) is 28.7 Å². The van der Waals surface area contributed by atoms with Crippen molar-refractivity contribution in [2.75, 3.05) is 21.3 Å². The van der Waals surface area contributed by atoms with Gasteiger partial charge >= 0.3 is 12.3 Å². The predicted molar refractivity (Wildman–Crippen MR) is 229 cm³/mol. The van der Waals surface area contributed by atoms with E-state index >= 15 is 0 Å². The van der Waals surface area contributed by atoms with Gasteiger partial charge in [-0.25, -0.2) is 9.59 Å². The molecule has 0 heterocycles. The fourth-order valence-electron chi connectivity index (χ4n) is 6.44. The van der Waals surface area contributed by atoms with Gasteiger partial charge in [-0.05, 0) is 135 Å². The highest BCUT2D eigenvalue weighted by Crippen LogP contribution is 2.34. The van der Waals surface area contributed by atoms with Gasteiger partial charge in [0.25, 0.3) is 0 Å². The van der Waals surface area contributed by atoms with Gasteiger partial charge in [0.2, 0.25) is 0 Å². The van der Waals surface area contributed by atoms with Crippen LogP contribution >= 0.6 is 0 Å². The van der Waals surface area contributed by atoms with Crippen molar-refractivity contribution in [2.24, 2.45) is 0 Å². The van der Waals surface area contributed by atoms with E-state index in [1.807, 2.05) is 37.3 Å². The third kappa shape index (κ3) is 14.5. The molecule has 0 atom stereocenters. The largest absolute Gasteiger partial charge is 0.519 e. The van der Waals surface area contributed by atoms with Crippen LogP contribution in [0.2, 0.25) is 38.3 Å². The minimum Gasteiger partial charge on any atom is -0.496 e. The van der Waals surface area contributed by atoms with Gasteiger partial charge in [-0.3, -0.25) is 0 Å². The Balaban J connectivity index is 0.000000322. The van der Waals surface area contributed by atoms with E-state index in [0.717, 1.165) is 28.9 Å². The lowest BCUT2D eigenvalue weighted by molar-refractivity contribution is 0.121. The molecule has 0 bridgehead atoms. The highest BCUT2D eigenvalue weighted by molar-refractivity contribution is 6.84. The maximum absolute atomic E-state index is 12.2. The van der Waals surface area contributed by atoms with Crippen molar-refractivity contribution < 1.29 is 42.1 Å². The predicted octanol–water partition coefficient (Wildman–Crippen LogP) is 12.2. The van der Waals surface area contributed by atoms with Crippen LogP contribution in [0.1, 0.15) is 67.9 Å². The molecule has 0 N–H and O–H groups in total. The quantitative estimate of drug-likeness (QED) is 0.0623. The van der Waals surface area contributed by atoms with Gasteiger partial charge < -0.3 is 32.5 Å². The lowest BCUT2D eigenvalue weighted by atomic mass is 9.78. The second-order valence-electron chi connectivity index (χ2n) is 15.7. The zero-order valence-electron chi connectivity index (χ0n) is 35.5. The average Bonchev–Trinajstić information content (AvgIpc) is 3.15. The Hall–Kier alpha value is -4.59. The number of hydrogen-bond donors (Lipinski definition) is 0. The van der Waals surface area contributed by atoms with Crippen LogP contribution in [0.4, 0.5) is 9.59 Å². The lowest BCUT2D eigenvalue weighted by Crippen LogP contribution is -2.44. The number of benzene rings is 4. The van der Waals surface area contributed by atoms with E-state index in [4.69, 9.17) is 27.8 Å². The Morgan fingerprint density at radius 2 is 1.14 bits per heavy atom. The van der Waals surface area contributed by atoms with E-state index in [1.54, 1.807) is 43.5 Å². The number of methoxy groups -OCH3 is 3. The SMILES string of the molecule is CCCC[Si](C)(C)O[Si](C)(C)CCCc1ccc(C)c(OC)c1.COC(=O)Oc1ccc(C(C)(C)c2ccc(OC(=O)Oc3ccc(C)cc3OC)cc2)cc1. The van der Waals surface area contributed by atoms with Crippen LogP contribution in [-0.4, -0.2) is 50.3 Å². The fourth-order valence-corrected chi connectivity index (χ4v) is 15.5. The van der Waals surface area contributed by atoms with Crippen molar-refractivity contribution in [3.63, 3.8) is 0 Å². The summed E-state index contributed by atoms with van der Waals surface area (Å²) in [5.74, 6) is 2.49. The Morgan fingerprint density at radius 3 is 1.66 bits per heavy atom. The third-order valence-corrected chi connectivity index (χ3v) is 17.2. The Kier molecular flexibility index (Phi) is 17.2. The van der Waals surface area contributed by atoms with E-state index < -0.39 is 28.9 Å². The van der Waals surface area contributed by atoms with Gasteiger partial charge in [0, 0.05) is 5.41 Å². The molecule has 0 fully saturated rings. The van der Waals surface area contributed by atoms with Crippen molar-refractivity contribution in [1.82, 2.24) is 0 Å². The molecule has 0 aromatic heterocycles. The summed E-state index contributed by atoms with van der Waals surface area (Å²) in [6.45, 7) is 20.0. The van der Waals surface area contributed by atoms with Gasteiger partial charge in [-0.2, -0.15) is 0 Å². The molecule has 304 valence electrons. The molecule has 56 heavy (non-hydrogen) atoms. The summed E-state index contributed by atoms with van der Waals surface area (Å²) in [5, 5.41) is 0. The highest BCUT2D eigenvalue weighted by atomic mass is 28.4. The summed E-state index contributed by atoms with van der Waals surface area (Å²) in [6.07, 6.45) is 3.29. The molecule has 0 aliphatic heterocycles. The molecule has 0 saturated heterocycles. The summed E-state index contributed by atoms with van der Waals surface area (Å²) in [4.78, 5) is 23.5. The number of carbonyl (C=O) groups excluding carboxylic acids is 2. The van der Waals surface area contributed by atoms with Crippen LogP contribution in [0.15, 0.2) is 84.9 Å². The van der Waals surface area contributed by atoms with E-state index in [1.165, 1.54) is 56.7 Å². The molecular weight excluding hydrogens is 741 g/mol. The molecule has 4 rings (SSSR count). The number of ether oxygens (including phenoxy) is 6. The van der Waals surface area contributed by atoms with Crippen LogP contribution in [0.5, 0.6) is 28.7 Å². The molecular formula is C45H62O9Si2. The fraction of sp³-hybridized carbons (Fsp3) is 0.422. The smallest absolute Gasteiger partial charge is 0.496 e. The van der Waals surface area contributed by atoms with Crippen molar-refractivity contribution in [3.05, 3.63) is 113 Å². The van der Waals surface area contributed by atoms with Crippen molar-refractivity contribution in [2.45, 2.75) is 104 Å². The van der Waals surface area contributed by atoms with Crippen LogP contribution in [0.3, 0.4) is 0 Å². The molecule has 0 aliphatic rings. The molecule has 11 heteroatoms. The monoisotopic (exact) mass is 802 g/mol. The number of unbranched alkanes of at least 4 members (excludes halogenated alkanes) is 1. The summed E-state index contributed by atoms with van der Waals surface area (Å²) < 4.78 is 37.5. The number of hydrogen-bond acceptors (Lipinski definition) is 9. The third-order valence-electron chi connectivity index (χ3n) is 9.64. The van der Waals surface area contributed by atoms with Crippen LogP contribution in [0, 0.1) is 13.8 Å². The Labute approximate surface area is 336 Å². The summed E-state index contributed by atoms with van der Waals surface area (Å²) in [5.41, 5.74) is 5.23. The minimum absolute atomic E-state index is 0.283. The number of carbonyl (C=O) groups is 2. The topological polar surface area (TPSA) is 98.8 Å². The van der Waals surface area contributed by atoms with E-state index in [9.17, 15) is 9.59 Å². The molecule has 4 aromatic rings. The minimum atomic E-state index is -1.54. The van der Waals surface area contributed by atoms with Crippen LogP contribution in [0.25, 0.3) is 0 Å². The van der Waals surface area contributed by atoms with Gasteiger partial charge in [0.05, 0.1) is 21.3 Å². The lowest BCUT2D eigenvalue weighted by Gasteiger charge is -2.34. The van der Waals surface area contributed by atoms with Gasteiger partial charge in [-0.1, -0.05) is 76.1 Å². The molecule has 0 saturated carbocycles. The van der Waals surface area contributed by atoms with Crippen LogP contribution in [-0.2, 0) is 20.7 Å². The number of rotatable bonds is 16. The molecule has 0 radical (unpaired) electrons. The first-order chi connectivity index (χ1) is 26.4. The maximum atomic E-state index is 12.2. The first-order valence-corrected chi connectivity index (χ1v) is 25.5. The van der Waals surface area contributed by atoms with E-state index in [0.29, 0.717) is 17.2 Å². The standard InChI is InChI=1S/C26H26O7.C19H36O2Si2/c1-17-6-15-22(23(16-17)29-4)33-25(28)32-21-13-9-19(10-14-21)26(2,3)18-7-11-20(12-8-18)31-24(27)30-5;1-8-9-14-22(4,5)21-23(6,7)15-10-11-18-13-12-17(2)19(16-18)20-3/h6-16H,1-5H3;12-13,16H,8-11,14-15H2,1-7H3. The van der Waals surface area contributed by atoms with Gasteiger partial charge in [-0.15, -0.1) is 0 Å². The van der Waals surface area contributed by atoms with Crippen LogP contribution < -0.4 is 23.7 Å². The first kappa shape index (κ1) is 45.8. The van der Waals surface area contributed by atoms with E-state index in [2.05, 4.69) is 76.8 Å². The highest BCUT2D eigenvalue weighted by Gasteiger charge is 2.32. The summed E-state index contributed by atoms with van der Waals surface area (Å²) in [7, 11) is 1.50. The zero-order chi connectivity index (χ0) is 41.5. The summed E-state index contributed by atoms with van der Waals surface area (Å²) in [6, 6.07) is 28.7. The molecule has 9 nitrogen and oxygen atoms in total. The molecule has 0 unspecified atom stereocenters. The molecule has 0 spiro atoms. The van der Waals surface area contributed by atoms with Crippen molar-refractivity contribution in [1.29, 1.82) is 0 Å². The molecule has 0 amide bonds. The van der Waals surface area contributed by atoms with Gasteiger partial charge in [0.1, 0.15) is 17.2 Å². The van der Waals surface area contributed by atoms with Gasteiger partial charge in [0.15, 0.2) is 28.1 Å². The average molecular weight is 803 g/mol. The first-order valence-electron chi connectivity index (χ1n) is 19.3. The number of aryl methyl sites for hydroxylation is 3. The summed E-state index contributed by atoms with van der Waals surface area (Å²) >= 11 is 0. The Bertz CT molecular complexity index is 1850. The Morgan fingerprint density at radius 1 is 0.607 bits per heavy atom. The normalized spacial score (nSPS) is 11.5. The molecule has 0 aliphatic carbocycles. The zero-order valence-corrected chi connectivity index (χ0v) is 37.5.